The number of unbranched alkanes of at least 4 members (excludes halogenated alkanes) is 1. The van der Waals surface area contributed by atoms with E-state index in [4.69, 9.17) is 10.8 Å². The first kappa shape index (κ1) is 17.7. The summed E-state index contributed by atoms with van der Waals surface area (Å²) in [5.74, 6) is 8.31. The van der Waals surface area contributed by atoms with Crippen LogP contribution < -0.4 is 16.6 Å². The average Bonchev–Trinajstić information content (AvgIpc) is 2.46. The van der Waals surface area contributed by atoms with Gasteiger partial charge in [0, 0.05) is 17.5 Å². The molecule has 0 saturated carbocycles. The van der Waals surface area contributed by atoms with Gasteiger partial charge in [0.1, 0.15) is 17.5 Å². The molecule has 0 spiro atoms. The Balaban J connectivity index is 3.00. The zero-order chi connectivity index (χ0) is 15.8. The second-order valence-corrected chi connectivity index (χ2v) is 5.98. The number of hydrazine groups is 1. The Morgan fingerprint density at radius 1 is 1.05 bits per heavy atom. The molecule has 4 N–H and O–H groups in total. The number of nitrogen functional groups attached to an aromatic ring is 1. The molecule has 0 aliphatic carbocycles. The summed E-state index contributed by atoms with van der Waals surface area (Å²) in [6.45, 7) is 10.6. The minimum atomic E-state index is 0.276. The highest BCUT2D eigenvalue weighted by Crippen LogP contribution is 2.24. The van der Waals surface area contributed by atoms with Crippen molar-refractivity contribution in [2.45, 2.75) is 78.7 Å². The van der Waals surface area contributed by atoms with Crippen LogP contribution in [-0.4, -0.2) is 16.0 Å². The Labute approximate surface area is 129 Å². The monoisotopic (exact) mass is 293 g/mol. The number of rotatable bonds is 9. The molecular weight excluding hydrogens is 262 g/mol. The zero-order valence-electron chi connectivity index (χ0n) is 14.2. The largest absolute Gasteiger partial charge is 0.367 e. The van der Waals surface area contributed by atoms with Crippen molar-refractivity contribution in [2.75, 3.05) is 10.7 Å². The van der Waals surface area contributed by atoms with Crippen molar-refractivity contribution in [1.82, 2.24) is 9.97 Å². The van der Waals surface area contributed by atoms with Crippen molar-refractivity contribution in [3.05, 3.63) is 11.4 Å². The van der Waals surface area contributed by atoms with Crippen molar-refractivity contribution in [2.24, 2.45) is 5.84 Å². The van der Waals surface area contributed by atoms with E-state index >= 15 is 0 Å². The van der Waals surface area contributed by atoms with Gasteiger partial charge in [-0.3, -0.25) is 0 Å². The Hall–Kier alpha value is -1.36. The standard InChI is InChI=1S/C16H31N5/c1-6-8-10-13(9-7-2)18-15-12(5)16(21-17)20-14(19-15)11(3)4/h11,13H,6-10,17H2,1-5H3,(H2,18,19,20,21). The molecule has 0 aliphatic rings. The van der Waals surface area contributed by atoms with E-state index in [0.717, 1.165) is 23.6 Å². The van der Waals surface area contributed by atoms with Gasteiger partial charge in [-0.25, -0.2) is 15.8 Å². The van der Waals surface area contributed by atoms with E-state index in [2.05, 4.69) is 43.4 Å². The smallest absolute Gasteiger partial charge is 0.148 e. The van der Waals surface area contributed by atoms with Crippen LogP contribution >= 0.6 is 0 Å². The summed E-state index contributed by atoms with van der Waals surface area (Å²) in [5, 5.41) is 3.61. The molecule has 0 bridgehead atoms. The van der Waals surface area contributed by atoms with Gasteiger partial charge in [-0.1, -0.05) is 47.0 Å². The molecule has 0 amide bonds. The van der Waals surface area contributed by atoms with Gasteiger partial charge in [0.15, 0.2) is 0 Å². The first-order chi connectivity index (χ1) is 10.0. The van der Waals surface area contributed by atoms with Crippen LogP contribution in [0.25, 0.3) is 0 Å². The van der Waals surface area contributed by atoms with Crippen LogP contribution in [0.5, 0.6) is 0 Å². The van der Waals surface area contributed by atoms with E-state index < -0.39 is 0 Å². The van der Waals surface area contributed by atoms with Gasteiger partial charge in [-0.15, -0.1) is 0 Å². The minimum Gasteiger partial charge on any atom is -0.367 e. The lowest BCUT2D eigenvalue weighted by Crippen LogP contribution is -2.22. The molecule has 1 aromatic heterocycles. The third-order valence-corrected chi connectivity index (χ3v) is 3.70. The number of nitrogens with one attached hydrogen (secondary N) is 2. The van der Waals surface area contributed by atoms with Gasteiger partial charge in [0.25, 0.3) is 0 Å². The predicted molar refractivity (Wildman–Crippen MR) is 90.5 cm³/mol. The van der Waals surface area contributed by atoms with E-state index in [9.17, 15) is 0 Å². The number of nitrogens with zero attached hydrogens (tertiary/aromatic N) is 2. The summed E-state index contributed by atoms with van der Waals surface area (Å²) in [5.41, 5.74) is 3.67. The molecule has 0 radical (unpaired) electrons. The van der Waals surface area contributed by atoms with E-state index in [1.165, 1.54) is 25.7 Å². The molecule has 0 aromatic carbocycles. The van der Waals surface area contributed by atoms with Crippen LogP contribution in [-0.2, 0) is 0 Å². The maximum Gasteiger partial charge on any atom is 0.148 e. The third-order valence-electron chi connectivity index (χ3n) is 3.70. The molecule has 1 unspecified atom stereocenters. The Morgan fingerprint density at radius 2 is 1.71 bits per heavy atom. The lowest BCUT2D eigenvalue weighted by Gasteiger charge is -2.21. The molecule has 0 aliphatic heterocycles. The maximum atomic E-state index is 5.59. The van der Waals surface area contributed by atoms with Crippen molar-refractivity contribution in [3.63, 3.8) is 0 Å². The Bertz CT molecular complexity index is 431. The SMILES string of the molecule is CCCCC(CCC)Nc1nc(C(C)C)nc(NN)c1C. The molecule has 120 valence electrons. The zero-order valence-corrected chi connectivity index (χ0v) is 14.2. The molecule has 0 fully saturated rings. The summed E-state index contributed by atoms with van der Waals surface area (Å²) < 4.78 is 0. The fourth-order valence-electron chi connectivity index (χ4n) is 2.35. The second kappa shape index (κ2) is 8.82. The topological polar surface area (TPSA) is 75.9 Å². The quantitative estimate of drug-likeness (QED) is 0.474. The third kappa shape index (κ3) is 5.16. The van der Waals surface area contributed by atoms with E-state index in [1.54, 1.807) is 0 Å². The molecule has 5 heteroatoms. The van der Waals surface area contributed by atoms with Crippen molar-refractivity contribution < 1.29 is 0 Å². The lowest BCUT2D eigenvalue weighted by molar-refractivity contribution is 0.561. The number of hydrogen-bond acceptors (Lipinski definition) is 5. The Kier molecular flexibility index (Phi) is 7.43. The van der Waals surface area contributed by atoms with Gasteiger partial charge in [0.05, 0.1) is 0 Å². The molecule has 0 saturated heterocycles. The summed E-state index contributed by atoms with van der Waals surface area (Å²) in [7, 11) is 0. The average molecular weight is 293 g/mol. The highest BCUT2D eigenvalue weighted by Gasteiger charge is 2.15. The molecular formula is C16H31N5. The molecule has 1 heterocycles. The van der Waals surface area contributed by atoms with Gasteiger partial charge in [-0.2, -0.15) is 0 Å². The lowest BCUT2D eigenvalue weighted by atomic mass is 10.0. The van der Waals surface area contributed by atoms with Crippen molar-refractivity contribution in [1.29, 1.82) is 0 Å². The van der Waals surface area contributed by atoms with Crippen molar-refractivity contribution >= 4 is 11.6 Å². The number of nitrogens with two attached hydrogens (primary N) is 1. The van der Waals surface area contributed by atoms with Crippen LogP contribution in [0.1, 0.15) is 77.1 Å². The Morgan fingerprint density at radius 3 is 2.24 bits per heavy atom. The highest BCUT2D eigenvalue weighted by atomic mass is 15.3. The van der Waals surface area contributed by atoms with Gasteiger partial charge >= 0.3 is 0 Å². The van der Waals surface area contributed by atoms with Crippen LogP contribution in [0, 0.1) is 6.92 Å². The second-order valence-electron chi connectivity index (χ2n) is 5.98. The van der Waals surface area contributed by atoms with Crippen LogP contribution in [0.15, 0.2) is 0 Å². The van der Waals surface area contributed by atoms with Crippen molar-refractivity contribution in [3.8, 4) is 0 Å². The molecule has 5 nitrogen and oxygen atoms in total. The van der Waals surface area contributed by atoms with E-state index in [1.807, 2.05) is 6.92 Å². The number of aromatic nitrogens is 2. The van der Waals surface area contributed by atoms with Gasteiger partial charge in [-0.05, 0) is 19.8 Å². The summed E-state index contributed by atoms with van der Waals surface area (Å²) in [6.07, 6.45) is 5.96. The minimum absolute atomic E-state index is 0.276. The number of hydrogen-bond donors (Lipinski definition) is 3. The predicted octanol–water partition coefficient (Wildman–Crippen LogP) is 3.96. The first-order valence-corrected chi connectivity index (χ1v) is 8.15. The van der Waals surface area contributed by atoms with Crippen LogP contribution in [0.4, 0.5) is 11.6 Å². The van der Waals surface area contributed by atoms with E-state index in [-0.39, 0.29) is 5.92 Å². The van der Waals surface area contributed by atoms with Crippen LogP contribution in [0.2, 0.25) is 0 Å². The highest BCUT2D eigenvalue weighted by molar-refractivity contribution is 5.57. The normalized spacial score (nSPS) is 12.5. The fraction of sp³-hybridized carbons (Fsp3) is 0.750. The van der Waals surface area contributed by atoms with Gasteiger partial charge < -0.3 is 10.7 Å². The van der Waals surface area contributed by atoms with Crippen LogP contribution in [0.3, 0.4) is 0 Å². The molecule has 1 aromatic rings. The summed E-state index contributed by atoms with van der Waals surface area (Å²) in [6, 6.07) is 0.467. The molecule has 1 atom stereocenters. The van der Waals surface area contributed by atoms with Gasteiger partial charge in [0.2, 0.25) is 0 Å². The summed E-state index contributed by atoms with van der Waals surface area (Å²) in [4.78, 5) is 9.17. The number of anilines is 2. The van der Waals surface area contributed by atoms with E-state index in [0.29, 0.717) is 11.9 Å². The molecule has 1 rings (SSSR count). The molecule has 21 heavy (non-hydrogen) atoms. The fourth-order valence-corrected chi connectivity index (χ4v) is 2.35. The first-order valence-electron chi connectivity index (χ1n) is 8.15. The summed E-state index contributed by atoms with van der Waals surface area (Å²) >= 11 is 0. The maximum absolute atomic E-state index is 5.59.